The third-order valence-corrected chi connectivity index (χ3v) is 2.55. The van der Waals surface area contributed by atoms with Crippen molar-refractivity contribution in [1.29, 1.82) is 0 Å². The maximum atomic E-state index is 12.2. The van der Waals surface area contributed by atoms with Gasteiger partial charge in [-0.15, -0.1) is 13.2 Å². The Labute approximate surface area is 112 Å². The molecule has 1 rings (SSSR count). The van der Waals surface area contributed by atoms with Crippen LogP contribution in [0.1, 0.15) is 12.0 Å². The largest absolute Gasteiger partial charge is 0.573 e. The molecule has 0 radical (unpaired) electrons. The molecular formula is C12H13BrF3NO. The van der Waals surface area contributed by atoms with E-state index in [-0.39, 0.29) is 5.75 Å². The number of nitrogens with one attached hydrogen (secondary N) is 1. The molecule has 1 aromatic carbocycles. The molecular weight excluding hydrogens is 311 g/mol. The maximum absolute atomic E-state index is 12.2. The van der Waals surface area contributed by atoms with Gasteiger partial charge < -0.3 is 10.1 Å². The third-order valence-electron chi connectivity index (χ3n) is 2.06. The molecule has 100 valence electrons. The van der Waals surface area contributed by atoms with Crippen LogP contribution in [0, 0.1) is 0 Å². The van der Waals surface area contributed by atoms with E-state index < -0.39 is 6.36 Å². The van der Waals surface area contributed by atoms with Crippen LogP contribution in [-0.2, 0) is 0 Å². The highest BCUT2D eigenvalue weighted by Crippen LogP contribution is 2.30. The van der Waals surface area contributed by atoms with Crippen LogP contribution in [-0.4, -0.2) is 20.0 Å². The monoisotopic (exact) mass is 323 g/mol. The van der Waals surface area contributed by atoms with Crippen LogP contribution in [0.4, 0.5) is 13.2 Å². The van der Waals surface area contributed by atoms with Gasteiger partial charge in [-0.05, 0) is 32.1 Å². The fraction of sp³-hybridized carbons (Fsp3) is 0.333. The summed E-state index contributed by atoms with van der Waals surface area (Å²) >= 11 is 3.12. The van der Waals surface area contributed by atoms with E-state index in [4.69, 9.17) is 0 Å². The van der Waals surface area contributed by atoms with Gasteiger partial charge in [-0.3, -0.25) is 0 Å². The second-order valence-corrected chi connectivity index (χ2v) is 4.44. The zero-order chi connectivity index (χ0) is 13.6. The minimum absolute atomic E-state index is 0.211. The van der Waals surface area contributed by atoms with Crippen molar-refractivity contribution < 1.29 is 17.9 Å². The van der Waals surface area contributed by atoms with Crippen molar-refractivity contribution in [3.05, 3.63) is 34.3 Å². The normalized spacial score (nSPS) is 12.1. The summed E-state index contributed by atoms with van der Waals surface area (Å²) in [4.78, 5) is 0. The number of ether oxygens (including phenoxy) is 1. The van der Waals surface area contributed by atoms with E-state index in [0.29, 0.717) is 10.0 Å². The third kappa shape index (κ3) is 5.55. The van der Waals surface area contributed by atoms with Gasteiger partial charge >= 0.3 is 6.36 Å². The molecule has 0 heterocycles. The van der Waals surface area contributed by atoms with Crippen molar-refractivity contribution in [3.8, 4) is 5.75 Å². The van der Waals surface area contributed by atoms with E-state index in [2.05, 4.69) is 26.0 Å². The summed E-state index contributed by atoms with van der Waals surface area (Å²) < 4.78 is 41.2. The fourth-order valence-corrected chi connectivity index (χ4v) is 1.64. The lowest BCUT2D eigenvalue weighted by molar-refractivity contribution is -0.274. The molecule has 0 aliphatic carbocycles. The van der Waals surface area contributed by atoms with Crippen LogP contribution < -0.4 is 10.1 Å². The van der Waals surface area contributed by atoms with Crippen LogP contribution in [0.2, 0.25) is 0 Å². The van der Waals surface area contributed by atoms with Gasteiger partial charge in [-0.1, -0.05) is 34.1 Å². The number of alkyl halides is 3. The second kappa shape index (κ2) is 6.80. The van der Waals surface area contributed by atoms with Crippen molar-refractivity contribution in [2.45, 2.75) is 12.8 Å². The smallest absolute Gasteiger partial charge is 0.405 e. The molecule has 0 bridgehead atoms. The Kier molecular flexibility index (Phi) is 5.68. The van der Waals surface area contributed by atoms with Crippen LogP contribution in [0.15, 0.2) is 28.7 Å². The zero-order valence-electron chi connectivity index (χ0n) is 9.72. The number of benzene rings is 1. The van der Waals surface area contributed by atoms with Crippen molar-refractivity contribution >= 4 is 22.0 Å². The summed E-state index contributed by atoms with van der Waals surface area (Å²) in [5.41, 5.74) is 0.395. The van der Waals surface area contributed by atoms with Crippen molar-refractivity contribution in [3.63, 3.8) is 0 Å². The SMILES string of the molecule is CNCCC=Cc1ccc(Br)cc1OC(F)(F)F. The second-order valence-electron chi connectivity index (χ2n) is 3.52. The Morgan fingerprint density at radius 1 is 1.39 bits per heavy atom. The van der Waals surface area contributed by atoms with Gasteiger partial charge in [0.15, 0.2) is 0 Å². The van der Waals surface area contributed by atoms with Crippen LogP contribution in [0.25, 0.3) is 6.08 Å². The van der Waals surface area contributed by atoms with Crippen LogP contribution in [0.3, 0.4) is 0 Å². The van der Waals surface area contributed by atoms with Gasteiger partial charge in [-0.25, -0.2) is 0 Å². The van der Waals surface area contributed by atoms with Gasteiger partial charge in [0.05, 0.1) is 0 Å². The molecule has 2 nitrogen and oxygen atoms in total. The molecule has 0 amide bonds. The van der Waals surface area contributed by atoms with Gasteiger partial charge in [-0.2, -0.15) is 0 Å². The lowest BCUT2D eigenvalue weighted by atomic mass is 10.2. The van der Waals surface area contributed by atoms with Crippen LogP contribution in [0.5, 0.6) is 5.75 Å². The average Bonchev–Trinajstić information content (AvgIpc) is 2.24. The Hall–Kier alpha value is -1.01. The highest BCUT2D eigenvalue weighted by molar-refractivity contribution is 9.10. The predicted octanol–water partition coefficient (Wildman–Crippen LogP) is 3.97. The predicted molar refractivity (Wildman–Crippen MR) is 68.4 cm³/mol. The summed E-state index contributed by atoms with van der Waals surface area (Å²) in [5, 5.41) is 2.95. The van der Waals surface area contributed by atoms with E-state index in [9.17, 15) is 13.2 Å². The molecule has 18 heavy (non-hydrogen) atoms. The quantitative estimate of drug-likeness (QED) is 0.828. The molecule has 0 fully saturated rings. The van der Waals surface area contributed by atoms with Crippen LogP contribution >= 0.6 is 15.9 Å². The van der Waals surface area contributed by atoms with E-state index in [1.165, 1.54) is 6.07 Å². The maximum Gasteiger partial charge on any atom is 0.573 e. The molecule has 0 saturated heterocycles. The van der Waals surface area contributed by atoms with Gasteiger partial charge in [0.2, 0.25) is 0 Å². The Balaban J connectivity index is 2.86. The van der Waals surface area contributed by atoms with E-state index in [1.807, 2.05) is 7.05 Å². The first-order valence-corrected chi connectivity index (χ1v) is 6.08. The lowest BCUT2D eigenvalue weighted by Crippen LogP contribution is -2.17. The van der Waals surface area contributed by atoms with Gasteiger partial charge in [0, 0.05) is 10.0 Å². The molecule has 1 N–H and O–H groups in total. The van der Waals surface area contributed by atoms with Crippen molar-refractivity contribution in [2.75, 3.05) is 13.6 Å². The number of rotatable bonds is 5. The summed E-state index contributed by atoms with van der Waals surface area (Å²) in [7, 11) is 1.81. The highest BCUT2D eigenvalue weighted by atomic mass is 79.9. The van der Waals surface area contributed by atoms with Crippen molar-refractivity contribution in [1.82, 2.24) is 5.32 Å². The molecule has 1 aromatic rings. The number of halogens is 4. The van der Waals surface area contributed by atoms with E-state index >= 15 is 0 Å². The van der Waals surface area contributed by atoms with E-state index in [1.54, 1.807) is 24.3 Å². The summed E-state index contributed by atoms with van der Waals surface area (Å²) in [5.74, 6) is -0.211. The van der Waals surface area contributed by atoms with Gasteiger partial charge in [0.25, 0.3) is 0 Å². The zero-order valence-corrected chi connectivity index (χ0v) is 11.3. The molecule has 6 heteroatoms. The highest BCUT2D eigenvalue weighted by Gasteiger charge is 2.31. The molecule has 0 saturated carbocycles. The number of hydrogen-bond acceptors (Lipinski definition) is 2. The minimum atomic E-state index is -4.69. The summed E-state index contributed by atoms with van der Waals surface area (Å²) in [6.45, 7) is 0.766. The molecule has 0 aromatic heterocycles. The first-order chi connectivity index (χ1) is 8.42. The standard InChI is InChI=1S/C12H13BrF3NO/c1-17-7-3-2-4-9-5-6-10(13)8-11(9)18-12(14,15)16/h2,4-6,8,17H,3,7H2,1H3. The Morgan fingerprint density at radius 3 is 2.72 bits per heavy atom. The topological polar surface area (TPSA) is 21.3 Å². The fourth-order valence-electron chi connectivity index (χ4n) is 1.30. The molecule has 0 aliphatic heterocycles. The Bertz CT molecular complexity index is 418. The molecule has 0 spiro atoms. The Morgan fingerprint density at radius 2 is 2.11 bits per heavy atom. The number of hydrogen-bond donors (Lipinski definition) is 1. The first kappa shape index (κ1) is 15.0. The molecule has 0 unspecified atom stereocenters. The lowest BCUT2D eigenvalue weighted by Gasteiger charge is -2.11. The van der Waals surface area contributed by atoms with Crippen molar-refractivity contribution in [2.24, 2.45) is 0 Å². The minimum Gasteiger partial charge on any atom is -0.405 e. The summed E-state index contributed by atoms with van der Waals surface area (Å²) in [6, 6.07) is 4.53. The molecule has 0 aliphatic rings. The average molecular weight is 324 g/mol. The van der Waals surface area contributed by atoms with E-state index in [0.717, 1.165) is 13.0 Å². The summed E-state index contributed by atoms with van der Waals surface area (Å²) in [6.07, 6.45) is -0.541. The molecule has 0 atom stereocenters. The van der Waals surface area contributed by atoms with Gasteiger partial charge in [0.1, 0.15) is 5.75 Å². The first-order valence-electron chi connectivity index (χ1n) is 5.29.